The van der Waals surface area contributed by atoms with Crippen molar-refractivity contribution in [2.75, 3.05) is 0 Å². The van der Waals surface area contributed by atoms with Crippen molar-refractivity contribution in [1.82, 2.24) is 0 Å². The molecular weight excluding hydrogens is 232 g/mol. The first-order valence-corrected chi connectivity index (χ1v) is 8.21. The molecule has 0 saturated carbocycles. The molecule has 0 atom stereocenters. The van der Waals surface area contributed by atoms with Crippen LogP contribution < -0.4 is 0 Å². The number of rotatable bonds is 0. The number of hydrogen-bond acceptors (Lipinski definition) is 1. The van der Waals surface area contributed by atoms with Crippen molar-refractivity contribution < 1.29 is 4.79 Å². The average molecular weight is 262 g/mol. The minimum atomic E-state index is 0.430. The number of allylic oxidation sites excluding steroid dienone is 4. The maximum absolute atomic E-state index is 11.6. The van der Waals surface area contributed by atoms with Gasteiger partial charge in [0.05, 0.1) is 0 Å². The van der Waals surface area contributed by atoms with Gasteiger partial charge in [0, 0.05) is 12.8 Å². The number of Topliss-reactive ketones (excluding diaryl/α,β-unsaturated/α-hetero) is 1. The fourth-order valence-corrected chi connectivity index (χ4v) is 2.49. The Morgan fingerprint density at radius 3 is 1.63 bits per heavy atom. The van der Waals surface area contributed by atoms with Crippen LogP contribution in [0.3, 0.4) is 0 Å². The van der Waals surface area contributed by atoms with Crippen LogP contribution in [0, 0.1) is 0 Å². The van der Waals surface area contributed by atoms with Crippen molar-refractivity contribution in [2.45, 2.75) is 83.5 Å². The Balaban J connectivity index is 2.23. The molecule has 0 heterocycles. The minimum absolute atomic E-state index is 0.430. The van der Waals surface area contributed by atoms with Gasteiger partial charge in [0.25, 0.3) is 0 Å². The minimum Gasteiger partial charge on any atom is -0.300 e. The lowest BCUT2D eigenvalue weighted by molar-refractivity contribution is -0.119. The Morgan fingerprint density at radius 1 is 0.526 bits per heavy atom. The quantitative estimate of drug-likeness (QED) is 0.508. The predicted octanol–water partition coefficient (Wildman–Crippen LogP) is 5.75. The van der Waals surface area contributed by atoms with Crippen LogP contribution in [0.15, 0.2) is 24.3 Å². The zero-order chi connectivity index (χ0) is 13.6. The molecule has 0 aliphatic heterocycles. The fraction of sp³-hybridized carbons (Fsp3) is 0.722. The summed E-state index contributed by atoms with van der Waals surface area (Å²) in [5.74, 6) is 0.430. The van der Waals surface area contributed by atoms with Crippen molar-refractivity contribution in [2.24, 2.45) is 0 Å². The predicted molar refractivity (Wildman–Crippen MR) is 83.3 cm³/mol. The molecule has 0 unspecified atom stereocenters. The van der Waals surface area contributed by atoms with Gasteiger partial charge in [-0.2, -0.15) is 0 Å². The standard InChI is InChI=1S/C18H30O/c19-18-16-14-12-10-8-6-4-2-1-3-5-7-9-11-13-15-17-18/h8,10-11,13H,1-7,9,12,14-17H2/b10-8-,13-11-. The number of hydrogen-bond donors (Lipinski definition) is 0. The van der Waals surface area contributed by atoms with Gasteiger partial charge in [0.2, 0.25) is 0 Å². The first-order valence-electron chi connectivity index (χ1n) is 8.21. The van der Waals surface area contributed by atoms with Crippen molar-refractivity contribution in [3.05, 3.63) is 24.3 Å². The second-order valence-electron chi connectivity index (χ2n) is 5.61. The molecule has 0 fully saturated rings. The van der Waals surface area contributed by atoms with E-state index in [0.29, 0.717) is 5.78 Å². The third-order valence-corrected chi connectivity index (χ3v) is 3.74. The summed E-state index contributed by atoms with van der Waals surface area (Å²) in [5.41, 5.74) is 0. The van der Waals surface area contributed by atoms with E-state index in [2.05, 4.69) is 24.3 Å². The third-order valence-electron chi connectivity index (χ3n) is 3.74. The Morgan fingerprint density at radius 2 is 1.00 bits per heavy atom. The van der Waals surface area contributed by atoms with E-state index in [4.69, 9.17) is 0 Å². The Kier molecular flexibility index (Phi) is 10.4. The van der Waals surface area contributed by atoms with E-state index < -0.39 is 0 Å². The molecule has 1 heteroatoms. The van der Waals surface area contributed by atoms with E-state index in [-0.39, 0.29) is 0 Å². The maximum Gasteiger partial charge on any atom is 0.133 e. The summed E-state index contributed by atoms with van der Waals surface area (Å²) in [6.45, 7) is 0. The Labute approximate surface area is 119 Å². The summed E-state index contributed by atoms with van der Waals surface area (Å²) >= 11 is 0. The van der Waals surface area contributed by atoms with Crippen LogP contribution in [0.25, 0.3) is 0 Å². The molecule has 0 aromatic heterocycles. The largest absolute Gasteiger partial charge is 0.300 e. The lowest BCUT2D eigenvalue weighted by atomic mass is 10.1. The van der Waals surface area contributed by atoms with E-state index in [1.807, 2.05) is 0 Å². The highest BCUT2D eigenvalue weighted by atomic mass is 16.1. The molecule has 0 aromatic carbocycles. The summed E-state index contributed by atoms with van der Waals surface area (Å²) in [6.07, 6.45) is 24.1. The highest BCUT2D eigenvalue weighted by Crippen LogP contribution is 2.10. The molecule has 1 aliphatic rings. The first-order chi connectivity index (χ1) is 9.39. The second kappa shape index (κ2) is 12.2. The molecule has 1 rings (SSSR count). The van der Waals surface area contributed by atoms with Gasteiger partial charge in [-0.1, -0.05) is 50.0 Å². The summed E-state index contributed by atoms with van der Waals surface area (Å²) < 4.78 is 0. The summed E-state index contributed by atoms with van der Waals surface area (Å²) in [4.78, 5) is 11.6. The lowest BCUT2D eigenvalue weighted by Gasteiger charge is -2.00. The van der Waals surface area contributed by atoms with E-state index in [1.54, 1.807) is 0 Å². The molecular formula is C18H30O. The van der Waals surface area contributed by atoms with Crippen LogP contribution in [0.4, 0.5) is 0 Å². The van der Waals surface area contributed by atoms with Crippen LogP contribution in [-0.2, 0) is 4.79 Å². The zero-order valence-corrected chi connectivity index (χ0v) is 12.4. The number of ketones is 1. The van der Waals surface area contributed by atoms with Gasteiger partial charge in [-0.15, -0.1) is 0 Å². The van der Waals surface area contributed by atoms with Gasteiger partial charge in [0.1, 0.15) is 5.78 Å². The van der Waals surface area contributed by atoms with Crippen molar-refractivity contribution in [3.8, 4) is 0 Å². The molecule has 108 valence electrons. The monoisotopic (exact) mass is 262 g/mol. The third kappa shape index (κ3) is 10.7. The van der Waals surface area contributed by atoms with Gasteiger partial charge in [-0.3, -0.25) is 4.79 Å². The van der Waals surface area contributed by atoms with Crippen LogP contribution in [-0.4, -0.2) is 5.78 Å². The molecule has 0 aromatic rings. The summed E-state index contributed by atoms with van der Waals surface area (Å²) in [7, 11) is 0. The summed E-state index contributed by atoms with van der Waals surface area (Å²) in [6, 6.07) is 0. The van der Waals surface area contributed by atoms with Crippen molar-refractivity contribution in [3.63, 3.8) is 0 Å². The number of carbonyl (C=O) groups is 1. The summed E-state index contributed by atoms with van der Waals surface area (Å²) in [5, 5.41) is 0. The smallest absolute Gasteiger partial charge is 0.133 e. The average Bonchev–Trinajstić information content (AvgIpc) is 2.41. The zero-order valence-electron chi connectivity index (χ0n) is 12.4. The Hall–Kier alpha value is -0.850. The van der Waals surface area contributed by atoms with Crippen LogP contribution >= 0.6 is 0 Å². The van der Waals surface area contributed by atoms with Gasteiger partial charge in [-0.05, 0) is 44.9 Å². The maximum atomic E-state index is 11.6. The Bertz CT molecular complexity index is 275. The normalized spacial score (nSPS) is 25.2. The van der Waals surface area contributed by atoms with Crippen LogP contribution in [0.1, 0.15) is 83.5 Å². The van der Waals surface area contributed by atoms with Gasteiger partial charge >= 0.3 is 0 Å². The molecule has 0 radical (unpaired) electrons. The SMILES string of the molecule is O=C1CC/C=C\CCCCCCCC/C=C\CCC1. The van der Waals surface area contributed by atoms with E-state index >= 15 is 0 Å². The molecule has 0 bridgehead atoms. The van der Waals surface area contributed by atoms with Crippen LogP contribution in [0.2, 0.25) is 0 Å². The highest BCUT2D eigenvalue weighted by molar-refractivity contribution is 5.78. The van der Waals surface area contributed by atoms with Crippen molar-refractivity contribution in [1.29, 1.82) is 0 Å². The lowest BCUT2D eigenvalue weighted by Crippen LogP contribution is -1.96. The fourth-order valence-electron chi connectivity index (χ4n) is 2.49. The van der Waals surface area contributed by atoms with Gasteiger partial charge < -0.3 is 0 Å². The molecule has 1 nitrogen and oxygen atoms in total. The van der Waals surface area contributed by atoms with Crippen LogP contribution in [0.5, 0.6) is 0 Å². The van der Waals surface area contributed by atoms with E-state index in [9.17, 15) is 4.79 Å². The highest BCUT2D eigenvalue weighted by Gasteiger charge is 1.99. The molecule has 0 amide bonds. The number of carbonyl (C=O) groups excluding carboxylic acids is 1. The molecule has 0 N–H and O–H groups in total. The van der Waals surface area contributed by atoms with Crippen molar-refractivity contribution >= 4 is 5.78 Å². The van der Waals surface area contributed by atoms with E-state index in [1.165, 1.54) is 51.4 Å². The molecule has 1 aliphatic carbocycles. The topological polar surface area (TPSA) is 17.1 Å². The van der Waals surface area contributed by atoms with E-state index in [0.717, 1.165) is 32.1 Å². The molecule has 19 heavy (non-hydrogen) atoms. The molecule has 0 saturated heterocycles. The second-order valence-corrected chi connectivity index (χ2v) is 5.61. The van der Waals surface area contributed by atoms with Gasteiger partial charge in [-0.25, -0.2) is 0 Å². The first kappa shape index (κ1) is 16.2. The van der Waals surface area contributed by atoms with Gasteiger partial charge in [0.15, 0.2) is 0 Å². The molecule has 0 spiro atoms.